The Morgan fingerprint density at radius 1 is 1.03 bits per heavy atom. The maximum atomic E-state index is 13.6. The van der Waals surface area contributed by atoms with Crippen molar-refractivity contribution in [1.29, 1.82) is 0 Å². The molecule has 0 radical (unpaired) electrons. The zero-order valence-corrected chi connectivity index (χ0v) is 20.0. The molecule has 4 rings (SSSR count). The van der Waals surface area contributed by atoms with E-state index < -0.39 is 0 Å². The van der Waals surface area contributed by atoms with Gasteiger partial charge in [0.25, 0.3) is 0 Å². The second kappa shape index (κ2) is 10.6. The number of halogens is 1. The summed E-state index contributed by atoms with van der Waals surface area (Å²) in [4.78, 5) is 13.3. The van der Waals surface area contributed by atoms with Gasteiger partial charge in [-0.2, -0.15) is 0 Å². The Balaban J connectivity index is 1.64. The molecule has 0 aliphatic heterocycles. The van der Waals surface area contributed by atoms with E-state index in [0.717, 1.165) is 5.56 Å². The van der Waals surface area contributed by atoms with Crippen LogP contribution in [-0.4, -0.2) is 49.2 Å². The lowest BCUT2D eigenvalue weighted by molar-refractivity contribution is 0.0972. The van der Waals surface area contributed by atoms with Crippen molar-refractivity contribution >= 4 is 17.9 Å². The molecule has 0 saturated heterocycles. The minimum atomic E-state index is -0.347. The molecule has 0 aliphatic carbocycles. The molecule has 0 amide bonds. The Kier molecular flexibility index (Phi) is 7.33. The number of nitrogens with one attached hydrogen (secondary N) is 1. The van der Waals surface area contributed by atoms with Gasteiger partial charge in [-0.1, -0.05) is 6.07 Å². The van der Waals surface area contributed by atoms with Crippen molar-refractivity contribution in [3.63, 3.8) is 0 Å². The van der Waals surface area contributed by atoms with Crippen LogP contribution in [0.3, 0.4) is 0 Å². The normalized spacial score (nSPS) is 12.9. The predicted molar refractivity (Wildman–Crippen MR) is 128 cm³/mol. The number of nitrogens with zero attached hydrogens (tertiary/aromatic N) is 6. The zero-order valence-electron chi connectivity index (χ0n) is 19.1. The third kappa shape index (κ3) is 5.15. The van der Waals surface area contributed by atoms with Gasteiger partial charge in [0.2, 0.25) is 11.8 Å². The van der Waals surface area contributed by atoms with Gasteiger partial charge in [-0.3, -0.25) is 9.29 Å². The minimum absolute atomic E-state index is 0.0792. The van der Waals surface area contributed by atoms with Crippen LogP contribution in [0.1, 0.15) is 24.4 Å². The molecule has 2 atom stereocenters. The molecule has 0 aliphatic rings. The number of pyridine rings is 1. The van der Waals surface area contributed by atoms with Gasteiger partial charge in [-0.15, -0.1) is 10.2 Å². The molecule has 9 nitrogen and oxygen atoms in total. The summed E-state index contributed by atoms with van der Waals surface area (Å²) in [5.41, 5.74) is 2.21. The van der Waals surface area contributed by atoms with E-state index in [4.69, 9.17) is 9.47 Å². The van der Waals surface area contributed by atoms with Crippen LogP contribution in [0.2, 0.25) is 0 Å². The standard InChI is InChI=1S/C23H24FN7O2S/c1-14-12-25-21(26-13-14)20(33-4)15(2)34-30-23-29-28-22(18-6-5-7-19(27-18)32-3)31(23)17-10-8-16(24)9-11-17/h5-13,15,20H,1-4H3,(H,29,30). The summed E-state index contributed by atoms with van der Waals surface area (Å²) in [5.74, 6) is 1.63. The van der Waals surface area contributed by atoms with Crippen molar-refractivity contribution < 1.29 is 13.9 Å². The molecule has 0 spiro atoms. The zero-order chi connectivity index (χ0) is 24.1. The highest BCUT2D eigenvalue weighted by Gasteiger charge is 2.24. The fourth-order valence-electron chi connectivity index (χ4n) is 3.27. The van der Waals surface area contributed by atoms with Crippen molar-refractivity contribution in [2.24, 2.45) is 0 Å². The number of aromatic nitrogens is 6. The fraction of sp³-hybridized carbons (Fsp3) is 0.261. The molecule has 3 aromatic heterocycles. The highest BCUT2D eigenvalue weighted by Crippen LogP contribution is 2.31. The number of aryl methyl sites for hydroxylation is 1. The highest BCUT2D eigenvalue weighted by atomic mass is 32.2. The molecule has 1 N–H and O–H groups in total. The molecule has 3 heterocycles. The topological polar surface area (TPSA) is 99.9 Å². The first-order chi connectivity index (χ1) is 16.5. The number of rotatable bonds is 9. The summed E-state index contributed by atoms with van der Waals surface area (Å²) in [6.45, 7) is 3.93. The lowest BCUT2D eigenvalue weighted by atomic mass is 10.2. The highest BCUT2D eigenvalue weighted by molar-refractivity contribution is 8.01. The lowest BCUT2D eigenvalue weighted by Crippen LogP contribution is -2.19. The lowest BCUT2D eigenvalue weighted by Gasteiger charge is -2.21. The summed E-state index contributed by atoms with van der Waals surface area (Å²) in [7, 11) is 3.17. The van der Waals surface area contributed by atoms with Crippen LogP contribution in [0.4, 0.5) is 10.3 Å². The van der Waals surface area contributed by atoms with Crippen molar-refractivity contribution in [3.05, 3.63) is 72.1 Å². The van der Waals surface area contributed by atoms with Gasteiger partial charge in [0.15, 0.2) is 11.6 Å². The third-order valence-electron chi connectivity index (χ3n) is 4.98. The number of hydrogen-bond acceptors (Lipinski definition) is 9. The van der Waals surface area contributed by atoms with Crippen LogP contribution in [0.15, 0.2) is 54.9 Å². The van der Waals surface area contributed by atoms with E-state index in [0.29, 0.717) is 34.9 Å². The van der Waals surface area contributed by atoms with Crippen LogP contribution in [0, 0.1) is 12.7 Å². The summed E-state index contributed by atoms with van der Waals surface area (Å²) in [6, 6.07) is 11.4. The summed E-state index contributed by atoms with van der Waals surface area (Å²) in [5, 5.41) is 8.58. The van der Waals surface area contributed by atoms with E-state index >= 15 is 0 Å². The van der Waals surface area contributed by atoms with Crippen molar-refractivity contribution in [1.82, 2.24) is 29.7 Å². The number of methoxy groups -OCH3 is 2. The van der Waals surface area contributed by atoms with Crippen LogP contribution in [0.5, 0.6) is 5.88 Å². The molecule has 4 aromatic rings. The number of ether oxygens (including phenoxy) is 2. The Morgan fingerprint density at radius 3 is 2.44 bits per heavy atom. The average molecular weight is 482 g/mol. The first-order valence-electron chi connectivity index (χ1n) is 10.5. The molecule has 176 valence electrons. The van der Waals surface area contributed by atoms with Crippen LogP contribution in [-0.2, 0) is 4.74 Å². The Labute approximate surface area is 200 Å². The molecular weight excluding hydrogens is 457 g/mol. The van der Waals surface area contributed by atoms with Crippen molar-refractivity contribution in [2.45, 2.75) is 25.2 Å². The van der Waals surface area contributed by atoms with Gasteiger partial charge < -0.3 is 9.47 Å². The number of benzene rings is 1. The average Bonchev–Trinajstić information content (AvgIpc) is 3.29. The Bertz CT molecular complexity index is 1240. The summed E-state index contributed by atoms with van der Waals surface area (Å²) >= 11 is 1.39. The molecule has 34 heavy (non-hydrogen) atoms. The maximum absolute atomic E-state index is 13.6. The van der Waals surface area contributed by atoms with E-state index in [2.05, 4.69) is 29.9 Å². The largest absolute Gasteiger partial charge is 0.481 e. The van der Waals surface area contributed by atoms with E-state index in [9.17, 15) is 4.39 Å². The quantitative estimate of drug-likeness (QED) is 0.348. The minimum Gasteiger partial charge on any atom is -0.481 e. The molecule has 0 fully saturated rings. The van der Waals surface area contributed by atoms with E-state index in [1.807, 2.05) is 26.0 Å². The summed E-state index contributed by atoms with van der Waals surface area (Å²) < 4.78 is 29.5. The van der Waals surface area contributed by atoms with Gasteiger partial charge in [0.05, 0.1) is 18.0 Å². The number of hydrogen-bond donors (Lipinski definition) is 1. The SMILES string of the molecule is COc1cccc(-c2nnc(NSC(C)C(OC)c3ncc(C)cn3)n2-c2ccc(F)cc2)n1. The smallest absolute Gasteiger partial charge is 0.239 e. The van der Waals surface area contributed by atoms with E-state index in [1.165, 1.54) is 24.1 Å². The van der Waals surface area contributed by atoms with Crippen LogP contribution < -0.4 is 9.46 Å². The monoisotopic (exact) mass is 481 g/mol. The molecule has 0 bridgehead atoms. The second-order valence-electron chi connectivity index (χ2n) is 7.42. The van der Waals surface area contributed by atoms with Gasteiger partial charge in [0.1, 0.15) is 17.6 Å². The third-order valence-corrected chi connectivity index (χ3v) is 5.90. The molecular formula is C23H24FN7O2S. The van der Waals surface area contributed by atoms with E-state index in [-0.39, 0.29) is 17.2 Å². The van der Waals surface area contributed by atoms with Crippen molar-refractivity contribution in [2.75, 3.05) is 18.9 Å². The first kappa shape index (κ1) is 23.6. The van der Waals surface area contributed by atoms with E-state index in [1.54, 1.807) is 49.4 Å². The van der Waals surface area contributed by atoms with Gasteiger partial charge >= 0.3 is 0 Å². The Morgan fingerprint density at radius 2 is 1.76 bits per heavy atom. The molecule has 1 aromatic carbocycles. The Hall–Kier alpha value is -3.57. The van der Waals surface area contributed by atoms with Crippen LogP contribution >= 0.6 is 11.9 Å². The second-order valence-corrected chi connectivity index (χ2v) is 8.61. The first-order valence-corrected chi connectivity index (χ1v) is 11.3. The number of anilines is 1. The van der Waals surface area contributed by atoms with Gasteiger partial charge in [0, 0.05) is 25.6 Å². The van der Waals surface area contributed by atoms with Gasteiger partial charge in [-0.25, -0.2) is 19.3 Å². The van der Waals surface area contributed by atoms with Crippen LogP contribution in [0.25, 0.3) is 17.2 Å². The van der Waals surface area contributed by atoms with Gasteiger partial charge in [-0.05, 0) is 61.7 Å². The fourth-order valence-corrected chi connectivity index (χ4v) is 4.05. The summed E-state index contributed by atoms with van der Waals surface area (Å²) in [6.07, 6.45) is 3.18. The van der Waals surface area contributed by atoms with Crippen molar-refractivity contribution in [3.8, 4) is 23.1 Å². The maximum Gasteiger partial charge on any atom is 0.239 e. The molecule has 11 heteroatoms. The molecule has 0 saturated carbocycles. The predicted octanol–water partition coefficient (Wildman–Crippen LogP) is 4.41. The molecule has 2 unspecified atom stereocenters.